The second-order valence-electron chi connectivity index (χ2n) is 5.19. The molecule has 0 spiro atoms. The van der Waals surface area contributed by atoms with Crippen molar-refractivity contribution in [2.45, 2.75) is 33.6 Å². The molecule has 18 heavy (non-hydrogen) atoms. The Morgan fingerprint density at radius 2 is 2.11 bits per heavy atom. The highest BCUT2D eigenvalue weighted by molar-refractivity contribution is 5.38. The van der Waals surface area contributed by atoms with Gasteiger partial charge in [-0.15, -0.1) is 0 Å². The van der Waals surface area contributed by atoms with Crippen molar-refractivity contribution in [1.29, 1.82) is 0 Å². The molecule has 0 aliphatic heterocycles. The summed E-state index contributed by atoms with van der Waals surface area (Å²) >= 11 is 0. The molecule has 0 atom stereocenters. The van der Waals surface area contributed by atoms with Gasteiger partial charge < -0.3 is 15.2 Å². The van der Waals surface area contributed by atoms with Crippen LogP contribution in [0.2, 0.25) is 0 Å². The quantitative estimate of drug-likeness (QED) is 0.778. The van der Waals surface area contributed by atoms with Crippen LogP contribution in [0.5, 0.6) is 5.88 Å². The largest absolute Gasteiger partial charge is 0.481 e. The maximum atomic E-state index is 8.86. The highest BCUT2D eigenvalue weighted by Crippen LogP contribution is 2.23. The van der Waals surface area contributed by atoms with Crippen LogP contribution >= 0.6 is 0 Å². The van der Waals surface area contributed by atoms with E-state index in [1.807, 2.05) is 6.92 Å². The standard InChI is InChI=1S/C13H23N3O2/c1-10-15-11(8-12(16-10)18-4)14-9-13(2,3)6-5-7-17/h8,17H,5-7,9H2,1-4H3,(H,14,15,16). The zero-order valence-electron chi connectivity index (χ0n) is 11.7. The van der Waals surface area contributed by atoms with Crippen LogP contribution < -0.4 is 10.1 Å². The van der Waals surface area contributed by atoms with E-state index in [0.717, 1.165) is 25.2 Å². The molecule has 0 aliphatic carbocycles. The van der Waals surface area contributed by atoms with Crippen molar-refractivity contribution in [3.8, 4) is 5.88 Å². The van der Waals surface area contributed by atoms with Gasteiger partial charge in [0, 0.05) is 19.2 Å². The van der Waals surface area contributed by atoms with Gasteiger partial charge in [-0.1, -0.05) is 13.8 Å². The SMILES string of the molecule is COc1cc(NCC(C)(C)CCCO)nc(C)n1. The summed E-state index contributed by atoms with van der Waals surface area (Å²) in [5, 5.41) is 12.2. The molecular formula is C13H23N3O2. The average molecular weight is 253 g/mol. The van der Waals surface area contributed by atoms with Crippen molar-refractivity contribution in [2.75, 3.05) is 25.6 Å². The number of nitrogens with one attached hydrogen (secondary N) is 1. The summed E-state index contributed by atoms with van der Waals surface area (Å²) in [5.41, 5.74) is 0.120. The molecule has 0 aliphatic rings. The van der Waals surface area contributed by atoms with Crippen LogP contribution in [0.25, 0.3) is 0 Å². The number of methoxy groups -OCH3 is 1. The Labute approximate surface area is 109 Å². The molecule has 0 unspecified atom stereocenters. The third kappa shape index (κ3) is 4.87. The van der Waals surface area contributed by atoms with E-state index < -0.39 is 0 Å². The lowest BCUT2D eigenvalue weighted by Crippen LogP contribution is -2.24. The fourth-order valence-corrected chi connectivity index (χ4v) is 1.71. The molecular weight excluding hydrogens is 230 g/mol. The number of nitrogens with zero attached hydrogens (tertiary/aromatic N) is 2. The minimum Gasteiger partial charge on any atom is -0.481 e. The maximum Gasteiger partial charge on any atom is 0.218 e. The summed E-state index contributed by atoms with van der Waals surface area (Å²) < 4.78 is 5.11. The molecule has 5 nitrogen and oxygen atoms in total. The first-order valence-electron chi connectivity index (χ1n) is 6.21. The second kappa shape index (κ2) is 6.54. The van der Waals surface area contributed by atoms with Crippen molar-refractivity contribution in [3.63, 3.8) is 0 Å². The van der Waals surface area contributed by atoms with Gasteiger partial charge in [0.1, 0.15) is 11.6 Å². The van der Waals surface area contributed by atoms with E-state index in [4.69, 9.17) is 9.84 Å². The minimum atomic E-state index is 0.120. The number of aliphatic hydroxyl groups excluding tert-OH is 1. The van der Waals surface area contributed by atoms with E-state index in [9.17, 15) is 0 Å². The van der Waals surface area contributed by atoms with Crippen molar-refractivity contribution in [2.24, 2.45) is 5.41 Å². The summed E-state index contributed by atoms with van der Waals surface area (Å²) in [6.07, 6.45) is 1.79. The summed E-state index contributed by atoms with van der Waals surface area (Å²) in [6.45, 7) is 7.21. The summed E-state index contributed by atoms with van der Waals surface area (Å²) in [5.74, 6) is 2.03. The van der Waals surface area contributed by atoms with Gasteiger partial charge in [0.25, 0.3) is 0 Å². The molecule has 1 rings (SSSR count). The molecule has 0 aromatic carbocycles. The van der Waals surface area contributed by atoms with Gasteiger partial charge in [-0.25, -0.2) is 4.98 Å². The Kier molecular flexibility index (Phi) is 5.34. The summed E-state index contributed by atoms with van der Waals surface area (Å²) in [7, 11) is 1.59. The molecule has 0 saturated heterocycles. The highest BCUT2D eigenvalue weighted by Gasteiger charge is 2.17. The molecule has 2 N–H and O–H groups in total. The van der Waals surface area contributed by atoms with Gasteiger partial charge in [-0.05, 0) is 25.2 Å². The lowest BCUT2D eigenvalue weighted by molar-refractivity contribution is 0.248. The van der Waals surface area contributed by atoms with Crippen LogP contribution in [0, 0.1) is 12.3 Å². The maximum absolute atomic E-state index is 8.86. The van der Waals surface area contributed by atoms with Crippen molar-refractivity contribution in [3.05, 3.63) is 11.9 Å². The van der Waals surface area contributed by atoms with Gasteiger partial charge in [0.2, 0.25) is 5.88 Å². The van der Waals surface area contributed by atoms with Gasteiger partial charge in [0.15, 0.2) is 0 Å². The van der Waals surface area contributed by atoms with Crippen molar-refractivity contribution in [1.82, 2.24) is 9.97 Å². The molecule has 0 amide bonds. The summed E-state index contributed by atoms with van der Waals surface area (Å²) in [6, 6.07) is 1.79. The zero-order valence-corrected chi connectivity index (χ0v) is 11.7. The van der Waals surface area contributed by atoms with E-state index in [0.29, 0.717) is 11.7 Å². The number of rotatable bonds is 7. The van der Waals surface area contributed by atoms with Crippen molar-refractivity contribution >= 4 is 5.82 Å². The highest BCUT2D eigenvalue weighted by atomic mass is 16.5. The normalized spacial score (nSPS) is 11.4. The van der Waals surface area contributed by atoms with E-state index >= 15 is 0 Å². The molecule has 1 heterocycles. The van der Waals surface area contributed by atoms with Crippen LogP contribution in [0.15, 0.2) is 6.07 Å². The van der Waals surface area contributed by atoms with Gasteiger partial charge >= 0.3 is 0 Å². The molecule has 0 fully saturated rings. The Morgan fingerprint density at radius 3 is 2.72 bits per heavy atom. The molecule has 5 heteroatoms. The van der Waals surface area contributed by atoms with E-state index in [-0.39, 0.29) is 12.0 Å². The van der Waals surface area contributed by atoms with Gasteiger partial charge in [-0.2, -0.15) is 4.98 Å². The lowest BCUT2D eigenvalue weighted by atomic mass is 9.88. The topological polar surface area (TPSA) is 67.3 Å². The predicted molar refractivity (Wildman–Crippen MR) is 71.9 cm³/mol. The van der Waals surface area contributed by atoms with E-state index in [1.165, 1.54) is 0 Å². The Morgan fingerprint density at radius 1 is 1.39 bits per heavy atom. The van der Waals surface area contributed by atoms with E-state index in [2.05, 4.69) is 29.1 Å². The molecule has 1 aromatic rings. The Balaban J connectivity index is 2.59. The van der Waals surface area contributed by atoms with Gasteiger partial charge in [-0.3, -0.25) is 0 Å². The van der Waals surface area contributed by atoms with Crippen LogP contribution in [0.4, 0.5) is 5.82 Å². The molecule has 0 bridgehead atoms. The number of aryl methyl sites for hydroxylation is 1. The minimum absolute atomic E-state index is 0.120. The number of ether oxygens (including phenoxy) is 1. The Bertz CT molecular complexity index is 380. The monoisotopic (exact) mass is 253 g/mol. The lowest BCUT2D eigenvalue weighted by Gasteiger charge is -2.25. The third-order valence-electron chi connectivity index (χ3n) is 2.78. The van der Waals surface area contributed by atoms with Crippen LogP contribution in [-0.4, -0.2) is 35.3 Å². The molecule has 0 radical (unpaired) electrons. The van der Waals surface area contributed by atoms with Crippen molar-refractivity contribution < 1.29 is 9.84 Å². The average Bonchev–Trinajstić information content (AvgIpc) is 2.33. The number of aliphatic hydroxyl groups is 1. The van der Waals surface area contributed by atoms with E-state index in [1.54, 1.807) is 13.2 Å². The zero-order chi connectivity index (χ0) is 13.6. The first-order valence-corrected chi connectivity index (χ1v) is 6.21. The second-order valence-corrected chi connectivity index (χ2v) is 5.19. The van der Waals surface area contributed by atoms with Crippen LogP contribution in [0.3, 0.4) is 0 Å². The molecule has 102 valence electrons. The summed E-state index contributed by atoms with van der Waals surface area (Å²) in [4.78, 5) is 8.45. The van der Waals surface area contributed by atoms with Crippen LogP contribution in [0.1, 0.15) is 32.5 Å². The Hall–Kier alpha value is -1.36. The van der Waals surface area contributed by atoms with Gasteiger partial charge in [0.05, 0.1) is 7.11 Å². The number of anilines is 1. The fourth-order valence-electron chi connectivity index (χ4n) is 1.71. The third-order valence-corrected chi connectivity index (χ3v) is 2.78. The smallest absolute Gasteiger partial charge is 0.218 e. The first-order chi connectivity index (χ1) is 8.46. The predicted octanol–water partition coefficient (Wildman–Crippen LogP) is 2.00. The first kappa shape index (κ1) is 14.7. The molecule has 1 aromatic heterocycles. The fraction of sp³-hybridized carbons (Fsp3) is 0.692. The number of hydrogen-bond donors (Lipinski definition) is 2. The number of hydrogen-bond acceptors (Lipinski definition) is 5. The van der Waals surface area contributed by atoms with Crippen LogP contribution in [-0.2, 0) is 0 Å². The number of aromatic nitrogens is 2. The molecule has 0 saturated carbocycles.